The summed E-state index contributed by atoms with van der Waals surface area (Å²) in [6.07, 6.45) is 2.34. The normalized spacial score (nSPS) is 15.6. The topological polar surface area (TPSA) is 107 Å². The molecule has 0 bridgehead atoms. The molecule has 1 aromatic heterocycles. The van der Waals surface area contributed by atoms with Crippen molar-refractivity contribution in [1.82, 2.24) is 25.6 Å². The van der Waals surface area contributed by atoms with E-state index in [2.05, 4.69) is 50.1 Å². The molecule has 0 aliphatic carbocycles. The zero-order chi connectivity index (χ0) is 23.1. The number of hydrogen-bond acceptors (Lipinski definition) is 8. The van der Waals surface area contributed by atoms with Gasteiger partial charge in [-0.05, 0) is 56.8 Å². The van der Waals surface area contributed by atoms with E-state index in [1.54, 1.807) is 0 Å². The molecular formula is C23H36N8O. The average Bonchev–Trinajstić information content (AvgIpc) is 3.27. The van der Waals surface area contributed by atoms with Gasteiger partial charge in [0, 0.05) is 44.0 Å². The lowest BCUT2D eigenvalue weighted by atomic mass is 10.1. The standard InChI is InChI=1S/C23H36N8O/c1-6-24-20(32)17-10-9-16(4)19(12-17)27-22-28-21(26-13-18-8-7-11-25-18)29-23(30-22)31(5)14-15(2)3/h9-10,12,15,18,25H,6-8,11,13-14H2,1-5H3,(H,24,32)(H2,26,27,28,29,30)/t18-/m1/s1. The molecule has 4 N–H and O–H groups in total. The van der Waals surface area contributed by atoms with Crippen molar-refractivity contribution in [2.24, 2.45) is 5.92 Å². The Bertz CT molecular complexity index is 911. The Kier molecular flexibility index (Phi) is 8.21. The number of nitrogens with one attached hydrogen (secondary N) is 4. The Morgan fingerprint density at radius 3 is 2.72 bits per heavy atom. The van der Waals surface area contributed by atoms with Crippen LogP contribution in [-0.4, -0.2) is 60.1 Å². The van der Waals surface area contributed by atoms with Gasteiger partial charge in [0.25, 0.3) is 5.91 Å². The molecule has 9 nitrogen and oxygen atoms in total. The number of carbonyl (C=O) groups is 1. The van der Waals surface area contributed by atoms with Crippen LogP contribution in [0.4, 0.5) is 23.5 Å². The van der Waals surface area contributed by atoms with Crippen LogP contribution in [0.5, 0.6) is 0 Å². The maximum absolute atomic E-state index is 12.3. The number of anilines is 4. The molecule has 9 heteroatoms. The van der Waals surface area contributed by atoms with Crippen LogP contribution in [0, 0.1) is 12.8 Å². The zero-order valence-corrected chi connectivity index (χ0v) is 19.8. The van der Waals surface area contributed by atoms with Gasteiger partial charge in [0.1, 0.15) is 0 Å². The molecule has 0 radical (unpaired) electrons. The molecule has 174 valence electrons. The number of nitrogens with zero attached hydrogens (tertiary/aromatic N) is 4. The van der Waals surface area contributed by atoms with Crippen molar-refractivity contribution in [3.8, 4) is 0 Å². The van der Waals surface area contributed by atoms with E-state index in [0.29, 0.717) is 41.9 Å². The fourth-order valence-electron chi connectivity index (χ4n) is 3.73. The van der Waals surface area contributed by atoms with E-state index >= 15 is 0 Å². The smallest absolute Gasteiger partial charge is 0.251 e. The van der Waals surface area contributed by atoms with Crippen molar-refractivity contribution in [3.63, 3.8) is 0 Å². The van der Waals surface area contributed by atoms with Gasteiger partial charge in [0.05, 0.1) is 0 Å². The highest BCUT2D eigenvalue weighted by Gasteiger charge is 2.17. The van der Waals surface area contributed by atoms with Crippen LogP contribution < -0.4 is 26.2 Å². The molecule has 0 unspecified atom stereocenters. The molecule has 1 amide bonds. The number of aryl methyl sites for hydroxylation is 1. The quantitative estimate of drug-likeness (QED) is 0.447. The number of rotatable bonds is 10. The fourth-order valence-corrected chi connectivity index (χ4v) is 3.73. The van der Waals surface area contributed by atoms with E-state index in [-0.39, 0.29) is 5.91 Å². The van der Waals surface area contributed by atoms with Crippen LogP contribution in [-0.2, 0) is 0 Å². The van der Waals surface area contributed by atoms with Gasteiger partial charge in [-0.2, -0.15) is 15.0 Å². The van der Waals surface area contributed by atoms with E-state index in [1.165, 1.54) is 6.42 Å². The van der Waals surface area contributed by atoms with Crippen LogP contribution in [0.3, 0.4) is 0 Å². The van der Waals surface area contributed by atoms with Crippen LogP contribution in [0.25, 0.3) is 0 Å². The molecule has 32 heavy (non-hydrogen) atoms. The third-order valence-electron chi connectivity index (χ3n) is 5.36. The van der Waals surface area contributed by atoms with Gasteiger partial charge >= 0.3 is 0 Å². The van der Waals surface area contributed by atoms with E-state index in [9.17, 15) is 4.79 Å². The Morgan fingerprint density at radius 2 is 2.03 bits per heavy atom. The number of aromatic nitrogens is 3. The SMILES string of the molecule is CCNC(=O)c1ccc(C)c(Nc2nc(NC[C@H]3CCCN3)nc(N(C)CC(C)C)n2)c1. The van der Waals surface area contributed by atoms with Crippen LogP contribution in [0.2, 0.25) is 0 Å². The summed E-state index contributed by atoms with van der Waals surface area (Å²) in [4.78, 5) is 28.2. The van der Waals surface area contributed by atoms with E-state index < -0.39 is 0 Å². The first kappa shape index (κ1) is 23.7. The van der Waals surface area contributed by atoms with Gasteiger partial charge in [-0.25, -0.2) is 0 Å². The fraction of sp³-hybridized carbons (Fsp3) is 0.565. The van der Waals surface area contributed by atoms with Gasteiger partial charge < -0.3 is 26.2 Å². The average molecular weight is 441 g/mol. The molecule has 1 aromatic carbocycles. The van der Waals surface area contributed by atoms with Crippen molar-refractivity contribution in [2.75, 3.05) is 48.8 Å². The second kappa shape index (κ2) is 11.1. The van der Waals surface area contributed by atoms with Crippen molar-refractivity contribution in [1.29, 1.82) is 0 Å². The summed E-state index contributed by atoms with van der Waals surface area (Å²) < 4.78 is 0. The number of hydrogen-bond donors (Lipinski definition) is 4. The summed E-state index contributed by atoms with van der Waals surface area (Å²) in [6.45, 7) is 11.5. The summed E-state index contributed by atoms with van der Waals surface area (Å²) in [5, 5.41) is 13.0. The van der Waals surface area contributed by atoms with Crippen LogP contribution >= 0.6 is 0 Å². The molecule has 1 saturated heterocycles. The molecule has 1 aliphatic rings. The summed E-state index contributed by atoms with van der Waals surface area (Å²) in [6, 6.07) is 6.00. The number of carbonyl (C=O) groups excluding carboxylic acids is 1. The summed E-state index contributed by atoms with van der Waals surface area (Å²) >= 11 is 0. The van der Waals surface area contributed by atoms with E-state index in [1.807, 2.05) is 44.0 Å². The summed E-state index contributed by atoms with van der Waals surface area (Å²) in [5.74, 6) is 1.97. The Balaban J connectivity index is 1.85. The molecule has 2 aromatic rings. The lowest BCUT2D eigenvalue weighted by Gasteiger charge is -2.21. The molecule has 1 atom stereocenters. The minimum atomic E-state index is -0.102. The largest absolute Gasteiger partial charge is 0.352 e. The van der Waals surface area contributed by atoms with Crippen LogP contribution in [0.15, 0.2) is 18.2 Å². The van der Waals surface area contributed by atoms with Crippen molar-refractivity contribution >= 4 is 29.4 Å². The monoisotopic (exact) mass is 440 g/mol. The molecule has 2 heterocycles. The Hall–Kier alpha value is -2.94. The first-order chi connectivity index (χ1) is 15.4. The molecular weight excluding hydrogens is 404 g/mol. The molecule has 1 fully saturated rings. The summed E-state index contributed by atoms with van der Waals surface area (Å²) in [7, 11) is 1.99. The maximum Gasteiger partial charge on any atom is 0.251 e. The van der Waals surface area contributed by atoms with E-state index in [0.717, 1.165) is 37.3 Å². The van der Waals surface area contributed by atoms with Gasteiger partial charge in [-0.3, -0.25) is 4.79 Å². The third kappa shape index (κ3) is 6.53. The molecule has 0 spiro atoms. The van der Waals surface area contributed by atoms with Gasteiger partial charge in [-0.15, -0.1) is 0 Å². The van der Waals surface area contributed by atoms with Crippen molar-refractivity contribution < 1.29 is 4.79 Å². The second-order valence-corrected chi connectivity index (χ2v) is 8.75. The lowest BCUT2D eigenvalue weighted by molar-refractivity contribution is 0.0956. The van der Waals surface area contributed by atoms with Gasteiger partial charge in [0.15, 0.2) is 0 Å². The predicted molar refractivity (Wildman–Crippen MR) is 130 cm³/mol. The van der Waals surface area contributed by atoms with Gasteiger partial charge in [0.2, 0.25) is 17.8 Å². The van der Waals surface area contributed by atoms with Gasteiger partial charge in [-0.1, -0.05) is 19.9 Å². The highest BCUT2D eigenvalue weighted by atomic mass is 16.1. The molecule has 1 aliphatic heterocycles. The Morgan fingerprint density at radius 1 is 1.25 bits per heavy atom. The highest BCUT2D eigenvalue weighted by molar-refractivity contribution is 5.95. The number of amides is 1. The zero-order valence-electron chi connectivity index (χ0n) is 19.8. The molecule has 3 rings (SSSR count). The lowest BCUT2D eigenvalue weighted by Crippen LogP contribution is -2.30. The summed E-state index contributed by atoms with van der Waals surface area (Å²) in [5.41, 5.74) is 2.39. The minimum Gasteiger partial charge on any atom is -0.352 e. The first-order valence-electron chi connectivity index (χ1n) is 11.5. The number of benzene rings is 1. The molecule has 0 saturated carbocycles. The second-order valence-electron chi connectivity index (χ2n) is 8.75. The van der Waals surface area contributed by atoms with Crippen molar-refractivity contribution in [3.05, 3.63) is 29.3 Å². The van der Waals surface area contributed by atoms with Crippen LogP contribution in [0.1, 0.15) is 49.5 Å². The minimum absolute atomic E-state index is 0.102. The highest BCUT2D eigenvalue weighted by Crippen LogP contribution is 2.22. The van der Waals surface area contributed by atoms with E-state index in [4.69, 9.17) is 0 Å². The predicted octanol–water partition coefficient (Wildman–Crippen LogP) is 2.93. The third-order valence-corrected chi connectivity index (χ3v) is 5.36. The van der Waals surface area contributed by atoms with Crippen molar-refractivity contribution in [2.45, 2.75) is 46.6 Å². The first-order valence-corrected chi connectivity index (χ1v) is 11.5. The Labute approximate surface area is 190 Å². The maximum atomic E-state index is 12.3.